The number of amides is 4. The smallest absolute Gasteiger partial charge is 0.326 e. The number of H-pyrrole nitrogens is 1. The van der Waals surface area contributed by atoms with Crippen LogP contribution in [0.15, 0.2) is 35.5 Å². The molecule has 0 fully saturated rings. The van der Waals surface area contributed by atoms with Crippen LogP contribution in [0.1, 0.15) is 50.5 Å². The number of primary amides is 1. The van der Waals surface area contributed by atoms with Crippen LogP contribution in [0.25, 0.3) is 10.9 Å². The lowest BCUT2D eigenvalue weighted by Crippen LogP contribution is -2.57. The van der Waals surface area contributed by atoms with Crippen molar-refractivity contribution in [3.05, 3.63) is 36.0 Å². The largest absolute Gasteiger partial charge is 0.480 e. The third kappa shape index (κ3) is 11.9. The number of nitrogens with zero attached hydrogens (tertiary/aromatic N) is 1. The number of rotatable bonds is 20. The molecule has 2 aromatic rings. The van der Waals surface area contributed by atoms with Gasteiger partial charge in [0, 0.05) is 30.1 Å². The summed E-state index contributed by atoms with van der Waals surface area (Å²) >= 11 is 0. The highest BCUT2D eigenvalue weighted by atomic mass is 16.4. The maximum Gasteiger partial charge on any atom is 0.326 e. The Morgan fingerprint density at radius 3 is 2.09 bits per heavy atom. The number of carbonyl (C=O) groups excluding carboxylic acids is 4. The number of benzene rings is 1. The molecular formula is C28H44N10O6. The topological polar surface area (TPSA) is 300 Å². The molecule has 4 atom stereocenters. The van der Waals surface area contributed by atoms with Gasteiger partial charge in [-0.15, -0.1) is 0 Å². The number of aromatic nitrogens is 1. The number of carboxylic acids is 1. The van der Waals surface area contributed by atoms with Crippen molar-refractivity contribution in [3.63, 3.8) is 0 Å². The van der Waals surface area contributed by atoms with Crippen molar-refractivity contribution in [1.29, 1.82) is 0 Å². The fourth-order valence-corrected chi connectivity index (χ4v) is 4.53. The van der Waals surface area contributed by atoms with Crippen molar-refractivity contribution in [2.75, 3.05) is 13.1 Å². The highest BCUT2D eigenvalue weighted by Crippen LogP contribution is 2.19. The highest BCUT2D eigenvalue weighted by Gasteiger charge is 2.30. The Hall–Kier alpha value is -4.70. The van der Waals surface area contributed by atoms with Crippen LogP contribution >= 0.6 is 0 Å². The van der Waals surface area contributed by atoms with Crippen molar-refractivity contribution in [2.24, 2.45) is 33.7 Å². The number of fused-ring (bicyclic) bond motifs is 1. The Morgan fingerprint density at radius 2 is 1.45 bits per heavy atom. The van der Waals surface area contributed by atoms with Crippen LogP contribution in [0.2, 0.25) is 0 Å². The molecule has 1 aromatic heterocycles. The van der Waals surface area contributed by atoms with Crippen LogP contribution in [0.4, 0.5) is 0 Å². The standard InChI is InChI=1S/C28H44N10O6/c29-12-4-3-8-22(27(43)44)38-26(42)21(10-11-23(31)39)37-25(41)20(9-5-13-34-28(32)33)36-24(40)18(30)14-16-15-35-19-7-2-1-6-17(16)19/h1-2,6-7,15,18,20-22,35H,3-5,8-14,29-30H2,(H2,31,39)(H,36,40)(H,37,41)(H,38,42)(H,43,44)(H4,32,33,34). The maximum atomic E-state index is 13.4. The summed E-state index contributed by atoms with van der Waals surface area (Å²) in [6.45, 7) is 0.525. The van der Waals surface area contributed by atoms with Crippen LogP contribution in [-0.4, -0.2) is 82.9 Å². The van der Waals surface area contributed by atoms with E-state index in [-0.39, 0.29) is 51.0 Å². The predicted octanol–water partition coefficient (Wildman–Crippen LogP) is -1.98. The van der Waals surface area contributed by atoms with Gasteiger partial charge in [-0.05, 0) is 63.1 Å². The summed E-state index contributed by atoms with van der Waals surface area (Å²) in [4.78, 5) is 69.9. The first-order valence-electron chi connectivity index (χ1n) is 14.4. The number of unbranched alkanes of at least 4 members (excludes halogenated alkanes) is 1. The van der Waals surface area contributed by atoms with Gasteiger partial charge in [-0.2, -0.15) is 0 Å². The molecule has 0 spiro atoms. The molecule has 1 aromatic carbocycles. The monoisotopic (exact) mass is 616 g/mol. The highest BCUT2D eigenvalue weighted by molar-refractivity contribution is 5.94. The first kappa shape index (κ1) is 35.5. The summed E-state index contributed by atoms with van der Waals surface area (Å²) in [7, 11) is 0. The lowest BCUT2D eigenvalue weighted by Gasteiger charge is -2.25. The van der Waals surface area contributed by atoms with Gasteiger partial charge in [-0.1, -0.05) is 18.2 Å². The van der Waals surface area contributed by atoms with Gasteiger partial charge in [0.2, 0.25) is 23.6 Å². The van der Waals surface area contributed by atoms with Crippen molar-refractivity contribution in [3.8, 4) is 0 Å². The van der Waals surface area contributed by atoms with E-state index < -0.39 is 53.8 Å². The van der Waals surface area contributed by atoms with Gasteiger partial charge in [-0.25, -0.2) is 4.79 Å². The van der Waals surface area contributed by atoms with E-state index in [2.05, 4.69) is 25.9 Å². The zero-order valence-electron chi connectivity index (χ0n) is 24.6. The van der Waals surface area contributed by atoms with E-state index in [1.54, 1.807) is 6.20 Å². The number of aromatic amines is 1. The Bertz CT molecular complexity index is 1310. The molecule has 0 saturated carbocycles. The number of aliphatic imine (C=N–C) groups is 1. The molecular weight excluding hydrogens is 572 g/mol. The number of nitrogens with one attached hydrogen (secondary N) is 4. The summed E-state index contributed by atoms with van der Waals surface area (Å²) in [5.74, 6) is -4.30. The van der Waals surface area contributed by atoms with Crippen molar-refractivity contribution in [1.82, 2.24) is 20.9 Å². The molecule has 2 rings (SSSR count). The molecule has 0 aliphatic carbocycles. The first-order valence-corrected chi connectivity index (χ1v) is 14.4. The molecule has 15 N–H and O–H groups in total. The van der Waals surface area contributed by atoms with E-state index in [9.17, 15) is 29.1 Å². The molecule has 0 aliphatic rings. The van der Waals surface area contributed by atoms with E-state index in [0.29, 0.717) is 19.4 Å². The van der Waals surface area contributed by atoms with Gasteiger partial charge >= 0.3 is 5.97 Å². The number of carbonyl (C=O) groups is 5. The second-order valence-electron chi connectivity index (χ2n) is 10.4. The number of nitrogens with two attached hydrogens (primary N) is 5. The molecule has 0 radical (unpaired) electrons. The number of hydrogen-bond donors (Lipinski definition) is 10. The summed E-state index contributed by atoms with van der Waals surface area (Å²) < 4.78 is 0. The molecule has 4 amide bonds. The third-order valence-corrected chi connectivity index (χ3v) is 6.90. The van der Waals surface area contributed by atoms with Crippen LogP contribution in [0, 0.1) is 0 Å². The van der Waals surface area contributed by atoms with Crippen LogP contribution in [-0.2, 0) is 30.4 Å². The molecule has 0 aliphatic heterocycles. The summed E-state index contributed by atoms with van der Waals surface area (Å²) in [6, 6.07) is 2.81. The molecule has 44 heavy (non-hydrogen) atoms. The van der Waals surface area contributed by atoms with Crippen molar-refractivity contribution in [2.45, 2.75) is 75.5 Å². The van der Waals surface area contributed by atoms with E-state index in [1.807, 2.05) is 24.3 Å². The second kappa shape index (κ2) is 18.1. The average Bonchev–Trinajstić information content (AvgIpc) is 3.38. The molecule has 16 nitrogen and oxygen atoms in total. The number of hydrogen-bond acceptors (Lipinski definition) is 8. The summed E-state index contributed by atoms with van der Waals surface area (Å²) in [5.41, 5.74) is 29.4. The second-order valence-corrected chi connectivity index (χ2v) is 10.4. The Kier molecular flexibility index (Phi) is 14.6. The molecule has 1 heterocycles. The van der Waals surface area contributed by atoms with Crippen molar-refractivity contribution >= 4 is 46.5 Å². The normalized spacial score (nSPS) is 13.7. The third-order valence-electron chi connectivity index (χ3n) is 6.90. The molecule has 16 heteroatoms. The fourth-order valence-electron chi connectivity index (χ4n) is 4.53. The summed E-state index contributed by atoms with van der Waals surface area (Å²) in [5, 5.41) is 18.0. The van der Waals surface area contributed by atoms with Gasteiger partial charge in [-0.3, -0.25) is 24.2 Å². The molecule has 0 saturated heterocycles. The average molecular weight is 617 g/mol. The van der Waals surface area contributed by atoms with E-state index in [4.69, 9.17) is 28.7 Å². The molecule has 242 valence electrons. The summed E-state index contributed by atoms with van der Waals surface area (Å²) in [6.07, 6.45) is 2.98. The van der Waals surface area contributed by atoms with Crippen LogP contribution in [0.3, 0.4) is 0 Å². The van der Waals surface area contributed by atoms with Crippen LogP contribution < -0.4 is 44.6 Å². The quantitative estimate of drug-likeness (QED) is 0.0444. The maximum absolute atomic E-state index is 13.4. The van der Waals surface area contributed by atoms with Gasteiger partial charge in [0.1, 0.15) is 18.1 Å². The first-order chi connectivity index (χ1) is 20.9. The number of aliphatic carboxylic acids is 1. The van der Waals surface area contributed by atoms with E-state index in [1.165, 1.54) is 0 Å². The lowest BCUT2D eigenvalue weighted by atomic mass is 10.0. The molecule has 0 bridgehead atoms. The minimum absolute atomic E-state index is 0.0785. The van der Waals surface area contributed by atoms with Gasteiger partial charge in [0.15, 0.2) is 5.96 Å². The zero-order valence-corrected chi connectivity index (χ0v) is 24.6. The Morgan fingerprint density at radius 1 is 0.841 bits per heavy atom. The lowest BCUT2D eigenvalue weighted by molar-refractivity contribution is -0.142. The van der Waals surface area contributed by atoms with Crippen LogP contribution in [0.5, 0.6) is 0 Å². The van der Waals surface area contributed by atoms with E-state index in [0.717, 1.165) is 16.5 Å². The number of guanidine groups is 1. The van der Waals surface area contributed by atoms with E-state index >= 15 is 0 Å². The number of carboxylic acid groups (broad SMARTS) is 1. The fraction of sp³-hybridized carbons (Fsp3) is 0.500. The predicted molar refractivity (Wildman–Crippen MR) is 165 cm³/mol. The Balaban J connectivity index is 2.18. The van der Waals surface area contributed by atoms with Crippen molar-refractivity contribution < 1.29 is 29.1 Å². The SMILES string of the molecule is NCCCCC(NC(=O)C(CCC(N)=O)NC(=O)C(CCCN=C(N)N)NC(=O)C(N)Cc1c[nH]c2ccccc12)C(=O)O. The minimum atomic E-state index is -1.32. The van der Waals surface area contributed by atoms with Gasteiger partial charge in [0.05, 0.1) is 6.04 Å². The number of para-hydroxylation sites is 1. The Labute approximate surface area is 254 Å². The minimum Gasteiger partial charge on any atom is -0.480 e. The van der Waals surface area contributed by atoms with Gasteiger partial charge in [0.25, 0.3) is 0 Å². The molecule has 4 unspecified atom stereocenters. The van der Waals surface area contributed by atoms with Gasteiger partial charge < -0.3 is 54.7 Å². The zero-order chi connectivity index (χ0) is 32.6.